The minimum atomic E-state index is -0.290. The molecule has 202 valence electrons. The number of aromatic nitrogens is 4. The Morgan fingerprint density at radius 2 is 2.02 bits per heavy atom. The number of hydrogen-bond donors (Lipinski definition) is 1. The number of pyridine rings is 1. The predicted octanol–water partition coefficient (Wildman–Crippen LogP) is 4.20. The van der Waals surface area contributed by atoms with Gasteiger partial charge < -0.3 is 14.3 Å². The van der Waals surface area contributed by atoms with Gasteiger partial charge in [-0.2, -0.15) is 9.78 Å². The molecule has 2 aromatic carbocycles. The molecular weight excluding hydrogens is 528 g/mol. The van der Waals surface area contributed by atoms with E-state index in [-0.39, 0.29) is 11.1 Å². The third-order valence-corrected chi connectivity index (χ3v) is 8.27. The standard InChI is InChI=1S/C30H27ClN6O3/c1-40-26-8-5-18(12-33-37-17-32-28-23-11-22(31)6-7-24(23)34-29(28)30(37)39)9-21(26)16-35-13-19-10-20(15-35)25-3-2-4-27(38)36(25)14-19/h2-9,11-12,17,19-20,34H,10,13-16H2,1H3. The molecule has 2 aliphatic rings. The van der Waals surface area contributed by atoms with Crippen LogP contribution in [0.2, 0.25) is 5.02 Å². The second-order valence-corrected chi connectivity index (χ2v) is 11.1. The van der Waals surface area contributed by atoms with E-state index < -0.39 is 0 Å². The first-order chi connectivity index (χ1) is 19.5. The number of benzene rings is 2. The van der Waals surface area contributed by atoms with Crippen molar-refractivity contribution in [3.63, 3.8) is 0 Å². The van der Waals surface area contributed by atoms with Crippen LogP contribution in [0.3, 0.4) is 0 Å². The second-order valence-electron chi connectivity index (χ2n) is 10.6. The van der Waals surface area contributed by atoms with Crippen LogP contribution >= 0.6 is 11.6 Å². The maximum absolute atomic E-state index is 13.1. The lowest BCUT2D eigenvalue weighted by Gasteiger charge is -2.42. The molecule has 9 nitrogen and oxygen atoms in total. The number of nitrogens with zero attached hydrogens (tertiary/aromatic N) is 5. The molecule has 40 heavy (non-hydrogen) atoms. The van der Waals surface area contributed by atoms with Crippen molar-refractivity contribution >= 4 is 39.8 Å². The topological polar surface area (TPSA) is 97.5 Å². The van der Waals surface area contributed by atoms with Crippen molar-refractivity contribution in [1.29, 1.82) is 0 Å². The quantitative estimate of drug-likeness (QED) is 0.328. The summed E-state index contributed by atoms with van der Waals surface area (Å²) in [5.41, 5.74) is 4.58. The lowest BCUT2D eigenvalue weighted by atomic mass is 9.83. The highest BCUT2D eigenvalue weighted by Crippen LogP contribution is 2.36. The summed E-state index contributed by atoms with van der Waals surface area (Å²) in [7, 11) is 1.67. The minimum absolute atomic E-state index is 0.0942. The number of fused-ring (bicyclic) bond motifs is 7. The van der Waals surface area contributed by atoms with E-state index in [0.717, 1.165) is 66.1 Å². The zero-order chi connectivity index (χ0) is 27.4. The molecule has 5 aromatic rings. The maximum atomic E-state index is 13.1. The molecular formula is C30H27ClN6O3. The zero-order valence-corrected chi connectivity index (χ0v) is 22.6. The number of H-pyrrole nitrogens is 1. The Kier molecular flexibility index (Phi) is 6.05. The molecule has 2 unspecified atom stereocenters. The number of rotatable bonds is 5. The molecule has 0 spiro atoms. The van der Waals surface area contributed by atoms with Gasteiger partial charge in [-0.1, -0.05) is 17.7 Å². The Morgan fingerprint density at radius 3 is 2.90 bits per heavy atom. The number of nitrogens with one attached hydrogen (secondary N) is 1. The minimum Gasteiger partial charge on any atom is -0.496 e. The normalized spacial score (nSPS) is 18.9. The average Bonchev–Trinajstić information content (AvgIpc) is 3.32. The number of hydrogen-bond acceptors (Lipinski definition) is 6. The van der Waals surface area contributed by atoms with E-state index in [4.69, 9.17) is 16.3 Å². The van der Waals surface area contributed by atoms with Gasteiger partial charge in [0.1, 0.15) is 23.1 Å². The highest BCUT2D eigenvalue weighted by molar-refractivity contribution is 6.31. The molecule has 0 radical (unpaired) electrons. The lowest BCUT2D eigenvalue weighted by Crippen LogP contribution is -2.46. The first-order valence-corrected chi connectivity index (χ1v) is 13.7. The van der Waals surface area contributed by atoms with Gasteiger partial charge in [-0.15, -0.1) is 0 Å². The van der Waals surface area contributed by atoms with Crippen LogP contribution in [0.1, 0.15) is 29.2 Å². The van der Waals surface area contributed by atoms with Gasteiger partial charge in [-0.25, -0.2) is 4.98 Å². The molecule has 5 heterocycles. The Labute approximate surface area is 234 Å². The number of halogens is 1. The van der Waals surface area contributed by atoms with Crippen LogP contribution in [0.5, 0.6) is 5.75 Å². The number of likely N-dealkylation sites (tertiary alicyclic amines) is 1. The fraction of sp³-hybridized carbons (Fsp3) is 0.267. The van der Waals surface area contributed by atoms with Gasteiger partial charge in [0.25, 0.3) is 11.1 Å². The van der Waals surface area contributed by atoms with Crippen molar-refractivity contribution in [3.8, 4) is 5.75 Å². The summed E-state index contributed by atoms with van der Waals surface area (Å²) in [6, 6.07) is 16.9. The van der Waals surface area contributed by atoms with Crippen molar-refractivity contribution in [2.45, 2.75) is 25.4 Å². The maximum Gasteiger partial charge on any atom is 0.298 e. The Balaban J connectivity index is 1.15. The Morgan fingerprint density at radius 1 is 1.12 bits per heavy atom. The first kappa shape index (κ1) is 24.8. The fourth-order valence-electron chi connectivity index (χ4n) is 6.30. The van der Waals surface area contributed by atoms with E-state index in [1.165, 1.54) is 11.0 Å². The Hall–Kier alpha value is -4.21. The van der Waals surface area contributed by atoms with Gasteiger partial charge in [0.15, 0.2) is 0 Å². The van der Waals surface area contributed by atoms with E-state index in [2.05, 4.69) is 26.0 Å². The van der Waals surface area contributed by atoms with Gasteiger partial charge in [0.05, 0.1) is 13.3 Å². The van der Waals surface area contributed by atoms with Gasteiger partial charge in [-0.3, -0.25) is 14.5 Å². The second kappa shape index (κ2) is 9.76. The van der Waals surface area contributed by atoms with E-state index in [1.54, 1.807) is 31.5 Å². The molecule has 2 aliphatic heterocycles. The highest BCUT2D eigenvalue weighted by Gasteiger charge is 2.34. The van der Waals surface area contributed by atoms with E-state index in [9.17, 15) is 9.59 Å². The van der Waals surface area contributed by atoms with Gasteiger partial charge in [0, 0.05) is 65.3 Å². The summed E-state index contributed by atoms with van der Waals surface area (Å²) in [4.78, 5) is 35.6. The molecule has 3 aromatic heterocycles. The van der Waals surface area contributed by atoms with E-state index >= 15 is 0 Å². The molecule has 1 N–H and O–H groups in total. The zero-order valence-electron chi connectivity index (χ0n) is 21.9. The number of ether oxygens (including phenoxy) is 1. The van der Waals surface area contributed by atoms with Crippen molar-refractivity contribution in [2.75, 3.05) is 20.2 Å². The van der Waals surface area contributed by atoms with Crippen molar-refractivity contribution < 1.29 is 4.74 Å². The highest BCUT2D eigenvalue weighted by atomic mass is 35.5. The summed E-state index contributed by atoms with van der Waals surface area (Å²) >= 11 is 6.14. The fourth-order valence-corrected chi connectivity index (χ4v) is 6.47. The van der Waals surface area contributed by atoms with E-state index in [0.29, 0.717) is 27.9 Å². The lowest BCUT2D eigenvalue weighted by molar-refractivity contribution is 0.113. The van der Waals surface area contributed by atoms with Crippen LogP contribution in [-0.2, 0) is 13.1 Å². The first-order valence-electron chi connectivity index (χ1n) is 13.3. The van der Waals surface area contributed by atoms with E-state index in [1.807, 2.05) is 34.9 Å². The van der Waals surface area contributed by atoms with Crippen LogP contribution in [-0.4, -0.2) is 50.5 Å². The summed E-state index contributed by atoms with van der Waals surface area (Å²) in [6.45, 7) is 3.30. The van der Waals surface area contributed by atoms with Crippen molar-refractivity contribution in [2.24, 2.45) is 11.0 Å². The van der Waals surface area contributed by atoms with Gasteiger partial charge in [0.2, 0.25) is 0 Å². The van der Waals surface area contributed by atoms with Crippen LogP contribution in [0, 0.1) is 5.92 Å². The van der Waals surface area contributed by atoms with Gasteiger partial charge >= 0.3 is 0 Å². The molecule has 0 saturated carbocycles. The number of piperidine rings is 1. The number of aromatic amines is 1. The third-order valence-electron chi connectivity index (χ3n) is 8.04. The molecule has 1 fully saturated rings. The summed E-state index contributed by atoms with van der Waals surface area (Å²) < 4.78 is 8.86. The van der Waals surface area contributed by atoms with Crippen molar-refractivity contribution in [1.82, 2.24) is 24.1 Å². The molecule has 1 saturated heterocycles. The Bertz CT molecular complexity index is 1920. The summed E-state index contributed by atoms with van der Waals surface area (Å²) in [5, 5.41) is 5.80. The predicted molar refractivity (Wildman–Crippen MR) is 156 cm³/mol. The van der Waals surface area contributed by atoms with Crippen molar-refractivity contribution in [3.05, 3.63) is 103 Å². The van der Waals surface area contributed by atoms with Crippen LogP contribution in [0.4, 0.5) is 0 Å². The molecule has 10 heteroatoms. The van der Waals surface area contributed by atoms with Crippen LogP contribution in [0.25, 0.3) is 21.9 Å². The van der Waals surface area contributed by atoms with Gasteiger partial charge in [-0.05, 0) is 60.4 Å². The molecule has 2 atom stereocenters. The smallest absolute Gasteiger partial charge is 0.298 e. The van der Waals surface area contributed by atoms with Crippen LogP contribution in [0.15, 0.2) is 75.6 Å². The summed E-state index contributed by atoms with van der Waals surface area (Å²) in [6.07, 6.45) is 4.20. The van der Waals surface area contributed by atoms with Crippen LogP contribution < -0.4 is 15.9 Å². The molecule has 7 rings (SSSR count). The number of methoxy groups -OCH3 is 1. The molecule has 0 aliphatic carbocycles. The molecule has 0 amide bonds. The average molecular weight is 555 g/mol. The summed E-state index contributed by atoms with van der Waals surface area (Å²) in [5.74, 6) is 1.59. The molecule has 2 bridgehead atoms. The third kappa shape index (κ3) is 4.31. The SMILES string of the molecule is COc1ccc(C=Nn2cnc3c([nH]c4ccc(Cl)cc43)c2=O)cc1CN1CC2CC(C1)c1cccc(=O)n1C2. The largest absolute Gasteiger partial charge is 0.496 e. The monoisotopic (exact) mass is 554 g/mol.